The molecule has 0 aliphatic carbocycles. The van der Waals surface area contributed by atoms with E-state index in [0.717, 1.165) is 17.7 Å². The molecule has 0 bridgehead atoms. The van der Waals surface area contributed by atoms with Gasteiger partial charge in [0.2, 0.25) is 5.90 Å². The van der Waals surface area contributed by atoms with Crippen molar-refractivity contribution in [2.24, 2.45) is 4.99 Å². The van der Waals surface area contributed by atoms with Crippen LogP contribution in [-0.4, -0.2) is 56.4 Å². The lowest BCUT2D eigenvalue weighted by atomic mass is 9.80. The third-order valence-electron chi connectivity index (χ3n) is 7.06. The zero-order valence-corrected chi connectivity index (χ0v) is 22.6. The lowest BCUT2D eigenvalue weighted by molar-refractivity contribution is -0.127. The third kappa shape index (κ3) is 5.16. The molecule has 8 nitrogen and oxygen atoms in total. The summed E-state index contributed by atoms with van der Waals surface area (Å²) in [5, 5.41) is 8.98. The van der Waals surface area contributed by atoms with Gasteiger partial charge in [0.15, 0.2) is 21.5 Å². The van der Waals surface area contributed by atoms with Gasteiger partial charge in [0, 0.05) is 37.1 Å². The highest BCUT2D eigenvalue weighted by molar-refractivity contribution is 7.91. The molecule has 204 valence electrons. The normalized spacial score (nSPS) is 20.2. The molecule has 0 spiro atoms. The number of rotatable bonds is 11. The second-order valence-corrected chi connectivity index (χ2v) is 11.8. The van der Waals surface area contributed by atoms with Crippen molar-refractivity contribution in [3.63, 3.8) is 0 Å². The third-order valence-corrected chi connectivity index (χ3v) is 8.80. The summed E-state index contributed by atoms with van der Waals surface area (Å²) in [6.45, 7) is 2.93. The van der Waals surface area contributed by atoms with Crippen LogP contribution in [0.4, 0.5) is 5.69 Å². The highest BCUT2D eigenvalue weighted by Gasteiger charge is 2.58. The number of hydrogen-bond donors (Lipinski definition) is 1. The average molecular weight is 549 g/mol. The number of fused-ring (bicyclic) bond motifs is 3. The van der Waals surface area contributed by atoms with Gasteiger partial charge in [-0.1, -0.05) is 43.3 Å². The molecule has 3 aromatic rings. The van der Waals surface area contributed by atoms with E-state index in [4.69, 9.17) is 19.6 Å². The number of nitrogens with zero attached hydrogens (tertiary/aromatic N) is 2. The Morgan fingerprint density at radius 3 is 2.46 bits per heavy atom. The van der Waals surface area contributed by atoms with E-state index >= 15 is 0 Å². The zero-order valence-electron chi connectivity index (χ0n) is 21.8. The summed E-state index contributed by atoms with van der Waals surface area (Å²) in [5.74, 6) is 0.428. The highest BCUT2D eigenvalue weighted by Crippen LogP contribution is 2.50. The number of aliphatic hydroxyl groups excluding tert-OH is 1. The van der Waals surface area contributed by atoms with E-state index in [2.05, 4.69) is 0 Å². The van der Waals surface area contributed by atoms with Crippen molar-refractivity contribution in [1.29, 1.82) is 0 Å². The van der Waals surface area contributed by atoms with Crippen LogP contribution in [0.25, 0.3) is 0 Å². The first kappa shape index (κ1) is 26.9. The number of para-hydroxylation sites is 1. The fourth-order valence-electron chi connectivity index (χ4n) is 5.11. The molecule has 0 radical (unpaired) electrons. The number of hydrogen-bond acceptors (Lipinski definition) is 7. The van der Waals surface area contributed by atoms with E-state index in [1.165, 1.54) is 0 Å². The number of carbonyl (C=O) groups excluding carboxylic acids is 1. The largest absolute Gasteiger partial charge is 0.494 e. The molecule has 2 heterocycles. The molecular weight excluding hydrogens is 516 g/mol. The summed E-state index contributed by atoms with van der Waals surface area (Å²) in [7, 11) is -3.66. The number of ether oxygens (including phenoxy) is 2. The van der Waals surface area contributed by atoms with E-state index in [1.807, 2.05) is 31.2 Å². The topological polar surface area (TPSA) is 106 Å². The Labute approximate surface area is 228 Å². The van der Waals surface area contributed by atoms with Gasteiger partial charge in [0.1, 0.15) is 5.75 Å². The van der Waals surface area contributed by atoms with Crippen LogP contribution < -0.4 is 9.64 Å². The second-order valence-electron chi connectivity index (χ2n) is 9.69. The van der Waals surface area contributed by atoms with Crippen LogP contribution in [-0.2, 0) is 19.4 Å². The lowest BCUT2D eigenvalue weighted by Crippen LogP contribution is -2.55. The number of carbonyl (C=O) groups is 1. The summed E-state index contributed by atoms with van der Waals surface area (Å²) in [4.78, 5) is 21.0. The molecule has 0 unspecified atom stereocenters. The molecule has 3 aromatic carbocycles. The SMILES string of the molecule is CCCN1C(=O)[C@@]2(CCS(=O)(=O)c3ccccc3)N=C(c3ccc(OCCCO)cc3)O[C@H]2c2ccccc21. The molecule has 9 heteroatoms. The minimum atomic E-state index is -3.66. The van der Waals surface area contributed by atoms with Crippen LogP contribution in [0.5, 0.6) is 5.75 Å². The van der Waals surface area contributed by atoms with Crippen LogP contribution in [0.15, 0.2) is 88.8 Å². The predicted octanol–water partition coefficient (Wildman–Crippen LogP) is 4.33. The summed E-state index contributed by atoms with van der Waals surface area (Å²) < 4.78 is 38.6. The molecule has 1 N–H and O–H groups in total. The number of aliphatic hydroxyl groups is 1. The van der Waals surface area contributed by atoms with Crippen LogP contribution in [0, 0.1) is 0 Å². The van der Waals surface area contributed by atoms with E-state index < -0.39 is 21.5 Å². The standard InChI is InChI=1S/C30H32N2O6S/c1-2-18-32-26-12-7-6-11-25(26)27-30(29(32)34,17-21-39(35,36)24-9-4-3-5-10-24)31-28(38-27)22-13-15-23(16-14-22)37-20-8-19-33/h3-7,9-16,27,33H,2,8,17-21H2,1H3/t27-,30-/m0/s1. The van der Waals surface area contributed by atoms with Crippen molar-refractivity contribution in [2.45, 2.75) is 42.7 Å². The van der Waals surface area contributed by atoms with Crippen LogP contribution in [0.1, 0.15) is 43.4 Å². The predicted molar refractivity (Wildman–Crippen MR) is 149 cm³/mol. The van der Waals surface area contributed by atoms with Crippen LogP contribution in [0.3, 0.4) is 0 Å². The first-order valence-electron chi connectivity index (χ1n) is 13.2. The van der Waals surface area contributed by atoms with Crippen molar-refractivity contribution >= 4 is 27.3 Å². The minimum absolute atomic E-state index is 0.0197. The van der Waals surface area contributed by atoms with E-state index in [1.54, 1.807) is 59.5 Å². The summed E-state index contributed by atoms with van der Waals surface area (Å²) in [6, 6.07) is 23.0. The quantitative estimate of drug-likeness (QED) is 0.358. The van der Waals surface area contributed by atoms with Crippen molar-refractivity contribution in [1.82, 2.24) is 0 Å². The van der Waals surface area contributed by atoms with Crippen LogP contribution >= 0.6 is 0 Å². The van der Waals surface area contributed by atoms with E-state index in [-0.39, 0.29) is 29.6 Å². The maximum Gasteiger partial charge on any atom is 0.259 e. The van der Waals surface area contributed by atoms with Gasteiger partial charge in [-0.3, -0.25) is 4.79 Å². The molecule has 1 amide bonds. The fraction of sp³-hybridized carbons (Fsp3) is 0.333. The molecule has 0 saturated heterocycles. The fourth-order valence-corrected chi connectivity index (χ4v) is 6.50. The number of sulfone groups is 1. The zero-order chi connectivity index (χ0) is 27.5. The van der Waals surface area contributed by atoms with E-state index in [0.29, 0.717) is 36.8 Å². The Balaban J connectivity index is 1.54. The number of aliphatic imine (C=N–C) groups is 1. The van der Waals surface area contributed by atoms with Crippen molar-refractivity contribution < 1.29 is 27.8 Å². The van der Waals surface area contributed by atoms with E-state index in [9.17, 15) is 13.2 Å². The number of benzene rings is 3. The first-order chi connectivity index (χ1) is 18.9. The van der Waals surface area contributed by atoms with Crippen molar-refractivity contribution in [2.75, 3.05) is 30.4 Å². The minimum Gasteiger partial charge on any atom is -0.494 e. The maximum atomic E-state index is 14.2. The van der Waals surface area contributed by atoms with Gasteiger partial charge < -0.3 is 19.5 Å². The Morgan fingerprint density at radius 2 is 1.74 bits per heavy atom. The molecule has 0 fully saturated rings. The van der Waals surface area contributed by atoms with Gasteiger partial charge in [-0.2, -0.15) is 0 Å². The smallest absolute Gasteiger partial charge is 0.259 e. The van der Waals surface area contributed by atoms with Crippen LogP contribution in [0.2, 0.25) is 0 Å². The van der Waals surface area contributed by atoms with Crippen molar-refractivity contribution in [3.05, 3.63) is 90.0 Å². The molecule has 2 aliphatic heterocycles. The molecule has 0 aromatic heterocycles. The van der Waals surface area contributed by atoms with Gasteiger partial charge in [-0.05, 0) is 48.9 Å². The Bertz CT molecular complexity index is 1460. The molecular formula is C30H32N2O6S. The highest BCUT2D eigenvalue weighted by atomic mass is 32.2. The maximum absolute atomic E-state index is 14.2. The van der Waals surface area contributed by atoms with Gasteiger partial charge in [0.25, 0.3) is 5.91 Å². The van der Waals surface area contributed by atoms with Gasteiger partial charge in [-0.15, -0.1) is 0 Å². The van der Waals surface area contributed by atoms with Gasteiger partial charge in [-0.25, -0.2) is 13.4 Å². The molecule has 39 heavy (non-hydrogen) atoms. The van der Waals surface area contributed by atoms with Gasteiger partial charge in [0.05, 0.1) is 22.9 Å². The summed E-state index contributed by atoms with van der Waals surface area (Å²) >= 11 is 0. The summed E-state index contributed by atoms with van der Waals surface area (Å²) in [5.41, 5.74) is 0.818. The molecule has 2 aliphatic rings. The number of anilines is 1. The summed E-state index contributed by atoms with van der Waals surface area (Å²) in [6.07, 6.45) is 0.492. The molecule has 0 saturated carbocycles. The second kappa shape index (κ2) is 11.2. The Kier molecular flexibility index (Phi) is 7.72. The van der Waals surface area contributed by atoms with Gasteiger partial charge >= 0.3 is 0 Å². The molecule has 2 atom stereocenters. The molecule has 5 rings (SSSR count). The lowest BCUT2D eigenvalue weighted by Gasteiger charge is -2.41. The first-order valence-corrected chi connectivity index (χ1v) is 14.8. The monoisotopic (exact) mass is 548 g/mol. The van der Waals surface area contributed by atoms with Crippen molar-refractivity contribution in [3.8, 4) is 5.75 Å². The number of amides is 1. The average Bonchev–Trinajstić information content (AvgIpc) is 3.37. The Hall–Kier alpha value is -3.69. The Morgan fingerprint density at radius 1 is 1.03 bits per heavy atom.